The summed E-state index contributed by atoms with van der Waals surface area (Å²) in [4.78, 5) is 21.1. The highest BCUT2D eigenvalue weighted by Crippen LogP contribution is 2.25. The molecule has 4 rings (SSSR count). The molecular formula is C20H21ClN6O. The number of para-hydroxylation sites is 1. The third-order valence-electron chi connectivity index (χ3n) is 5.08. The summed E-state index contributed by atoms with van der Waals surface area (Å²) in [6.45, 7) is 2.78. The lowest BCUT2D eigenvalue weighted by Gasteiger charge is -2.40. The normalized spacial score (nSPS) is 19.4. The van der Waals surface area contributed by atoms with E-state index in [1.807, 2.05) is 35.2 Å². The average Bonchev–Trinajstić information content (AvgIpc) is 3.25. The fourth-order valence-corrected chi connectivity index (χ4v) is 3.71. The largest absolute Gasteiger partial charge is 0.365 e. The Morgan fingerprint density at radius 2 is 1.96 bits per heavy atom. The van der Waals surface area contributed by atoms with Crippen LogP contribution in [0, 0.1) is 0 Å². The molecule has 3 heterocycles. The van der Waals surface area contributed by atoms with Crippen molar-refractivity contribution in [1.82, 2.24) is 24.9 Å². The zero-order valence-electron chi connectivity index (χ0n) is 15.5. The summed E-state index contributed by atoms with van der Waals surface area (Å²) >= 11 is 5.92. The first-order chi connectivity index (χ1) is 13.6. The number of likely N-dealkylation sites (tertiary alicyclic amines) is 1. The van der Waals surface area contributed by atoms with Gasteiger partial charge in [0.25, 0.3) is 5.91 Å². The molecule has 1 aliphatic heterocycles. The van der Waals surface area contributed by atoms with Crippen molar-refractivity contribution in [2.75, 3.05) is 11.9 Å². The minimum Gasteiger partial charge on any atom is -0.365 e. The number of amides is 1. The van der Waals surface area contributed by atoms with Crippen LogP contribution in [-0.2, 0) is 0 Å². The van der Waals surface area contributed by atoms with Gasteiger partial charge in [0.1, 0.15) is 5.82 Å². The number of benzene rings is 1. The van der Waals surface area contributed by atoms with Crippen LogP contribution in [0.2, 0.25) is 5.02 Å². The number of pyridine rings is 1. The maximum Gasteiger partial charge on any atom is 0.256 e. The topological polar surface area (TPSA) is 75.9 Å². The lowest BCUT2D eigenvalue weighted by molar-refractivity contribution is 0.0616. The maximum absolute atomic E-state index is 13.4. The van der Waals surface area contributed by atoms with Crippen molar-refractivity contribution in [2.45, 2.75) is 31.8 Å². The highest BCUT2D eigenvalue weighted by molar-refractivity contribution is 6.30. The molecule has 0 spiro atoms. The van der Waals surface area contributed by atoms with Crippen LogP contribution in [0.3, 0.4) is 0 Å². The number of hydrogen-bond donors (Lipinski definition) is 1. The molecule has 28 heavy (non-hydrogen) atoms. The van der Waals surface area contributed by atoms with E-state index in [4.69, 9.17) is 11.6 Å². The van der Waals surface area contributed by atoms with Crippen LogP contribution >= 0.6 is 11.6 Å². The lowest BCUT2D eigenvalue weighted by atomic mass is 9.96. The third kappa shape index (κ3) is 3.71. The van der Waals surface area contributed by atoms with Crippen LogP contribution in [0.4, 0.5) is 5.82 Å². The van der Waals surface area contributed by atoms with Gasteiger partial charge in [-0.1, -0.05) is 23.7 Å². The zero-order chi connectivity index (χ0) is 19.5. The van der Waals surface area contributed by atoms with Crippen LogP contribution in [0.15, 0.2) is 55.0 Å². The molecule has 1 fully saturated rings. The van der Waals surface area contributed by atoms with Gasteiger partial charge in [0.15, 0.2) is 0 Å². The molecule has 1 N–H and O–H groups in total. The van der Waals surface area contributed by atoms with Crippen molar-refractivity contribution in [3.8, 4) is 5.69 Å². The molecule has 1 aromatic carbocycles. The predicted molar refractivity (Wildman–Crippen MR) is 108 cm³/mol. The van der Waals surface area contributed by atoms with Gasteiger partial charge in [0.2, 0.25) is 0 Å². The van der Waals surface area contributed by atoms with Gasteiger partial charge in [-0.3, -0.25) is 4.79 Å². The second kappa shape index (κ2) is 7.98. The van der Waals surface area contributed by atoms with E-state index < -0.39 is 0 Å². The smallest absolute Gasteiger partial charge is 0.256 e. The van der Waals surface area contributed by atoms with Crippen molar-refractivity contribution in [1.29, 1.82) is 0 Å². The number of nitrogens with one attached hydrogen (secondary N) is 1. The van der Waals surface area contributed by atoms with Gasteiger partial charge in [-0.2, -0.15) is 15.0 Å². The van der Waals surface area contributed by atoms with Gasteiger partial charge in [-0.15, -0.1) is 0 Å². The molecule has 0 radical (unpaired) electrons. The minimum absolute atomic E-state index is 0.0114. The average molecular weight is 397 g/mol. The Bertz CT molecular complexity index is 944. The van der Waals surface area contributed by atoms with Gasteiger partial charge in [-0.25, -0.2) is 4.98 Å². The van der Waals surface area contributed by atoms with Crippen LogP contribution in [0.1, 0.15) is 30.1 Å². The lowest BCUT2D eigenvalue weighted by Crippen LogP contribution is -2.52. The molecule has 144 valence electrons. The number of hydrogen-bond acceptors (Lipinski definition) is 5. The number of anilines is 1. The molecule has 0 aliphatic carbocycles. The van der Waals surface area contributed by atoms with Crippen LogP contribution < -0.4 is 5.32 Å². The van der Waals surface area contributed by atoms with E-state index in [1.54, 1.807) is 24.7 Å². The van der Waals surface area contributed by atoms with E-state index in [2.05, 4.69) is 27.4 Å². The van der Waals surface area contributed by atoms with E-state index in [9.17, 15) is 4.79 Å². The summed E-state index contributed by atoms with van der Waals surface area (Å²) < 4.78 is 0. The Morgan fingerprint density at radius 1 is 1.18 bits per heavy atom. The molecule has 1 saturated heterocycles. The molecule has 0 bridgehead atoms. The van der Waals surface area contributed by atoms with Crippen molar-refractivity contribution in [3.05, 3.63) is 65.6 Å². The minimum atomic E-state index is -0.0176. The number of piperidine rings is 1. The molecule has 3 aromatic rings. The molecule has 1 amide bonds. The quantitative estimate of drug-likeness (QED) is 0.731. The van der Waals surface area contributed by atoms with Crippen molar-refractivity contribution in [3.63, 3.8) is 0 Å². The first-order valence-electron chi connectivity index (χ1n) is 9.28. The molecule has 2 aromatic heterocycles. The maximum atomic E-state index is 13.4. The van der Waals surface area contributed by atoms with Crippen molar-refractivity contribution >= 4 is 23.3 Å². The summed E-state index contributed by atoms with van der Waals surface area (Å²) in [5.74, 6) is 0.743. The summed E-state index contributed by atoms with van der Waals surface area (Å²) in [5.41, 5.74) is 1.27. The molecule has 0 saturated carbocycles. The first-order valence-corrected chi connectivity index (χ1v) is 9.66. The molecule has 7 nitrogen and oxygen atoms in total. The number of nitrogens with zero attached hydrogens (tertiary/aromatic N) is 5. The predicted octanol–water partition coefficient (Wildman–Crippen LogP) is 3.42. The van der Waals surface area contributed by atoms with Crippen molar-refractivity contribution in [2.24, 2.45) is 0 Å². The fourth-order valence-electron chi connectivity index (χ4n) is 3.60. The molecule has 1 aliphatic rings. The van der Waals surface area contributed by atoms with Crippen LogP contribution in [0.5, 0.6) is 0 Å². The molecular weight excluding hydrogens is 376 g/mol. The second-order valence-electron chi connectivity index (χ2n) is 6.83. The summed E-state index contributed by atoms with van der Waals surface area (Å²) in [6.07, 6.45) is 6.71. The number of halogens is 1. The van der Waals surface area contributed by atoms with E-state index in [0.717, 1.165) is 18.7 Å². The highest BCUT2D eigenvalue weighted by atomic mass is 35.5. The number of carbonyl (C=O) groups excluding carboxylic acids is 1. The molecule has 2 atom stereocenters. The zero-order valence-corrected chi connectivity index (χ0v) is 16.3. The Morgan fingerprint density at radius 3 is 2.71 bits per heavy atom. The summed E-state index contributed by atoms with van der Waals surface area (Å²) in [5, 5.41) is 12.4. The Kier molecular flexibility index (Phi) is 5.25. The fraction of sp³-hybridized carbons (Fsp3) is 0.300. The Labute approximate surface area is 168 Å². The molecule has 8 heteroatoms. The molecule has 2 unspecified atom stereocenters. The van der Waals surface area contributed by atoms with Gasteiger partial charge >= 0.3 is 0 Å². The third-order valence-corrected chi connectivity index (χ3v) is 5.30. The number of aromatic nitrogens is 4. The summed E-state index contributed by atoms with van der Waals surface area (Å²) in [6, 6.07) is 11.2. The van der Waals surface area contributed by atoms with Crippen LogP contribution in [0.25, 0.3) is 5.69 Å². The summed E-state index contributed by atoms with van der Waals surface area (Å²) in [7, 11) is 0. The van der Waals surface area contributed by atoms with Gasteiger partial charge in [0.05, 0.1) is 28.7 Å². The standard InChI is InChI=1S/C20H21ClN6O/c1-14-17(25-19-9-8-15(21)13-22-19)6-4-12-26(14)20(28)16-5-2-3-7-18(16)27-23-10-11-24-27/h2-3,5,7-11,13-14,17H,4,6,12H2,1H3,(H,22,25). The van der Waals surface area contributed by atoms with E-state index >= 15 is 0 Å². The Hall–Kier alpha value is -2.93. The van der Waals surface area contributed by atoms with Gasteiger partial charge in [0, 0.05) is 24.8 Å². The van der Waals surface area contributed by atoms with Crippen molar-refractivity contribution < 1.29 is 4.79 Å². The van der Waals surface area contributed by atoms with E-state index in [1.165, 1.54) is 4.80 Å². The Balaban J connectivity index is 1.56. The second-order valence-corrected chi connectivity index (χ2v) is 7.27. The first kappa shape index (κ1) is 18.4. The van der Waals surface area contributed by atoms with E-state index in [-0.39, 0.29) is 18.0 Å². The highest BCUT2D eigenvalue weighted by Gasteiger charge is 2.32. The number of carbonyl (C=O) groups is 1. The monoisotopic (exact) mass is 396 g/mol. The van der Waals surface area contributed by atoms with E-state index in [0.29, 0.717) is 22.8 Å². The number of rotatable bonds is 4. The van der Waals surface area contributed by atoms with Gasteiger partial charge < -0.3 is 10.2 Å². The SMILES string of the molecule is CC1C(Nc2ccc(Cl)cn2)CCCN1C(=O)c1ccccc1-n1nccn1. The van der Waals surface area contributed by atoms with Gasteiger partial charge in [-0.05, 0) is 44.0 Å². The van der Waals surface area contributed by atoms with Crippen LogP contribution in [-0.4, -0.2) is 49.4 Å².